The van der Waals surface area contributed by atoms with Gasteiger partial charge in [-0.25, -0.2) is 0 Å². The van der Waals surface area contributed by atoms with E-state index in [0.29, 0.717) is 24.6 Å². The van der Waals surface area contributed by atoms with Gasteiger partial charge in [0, 0.05) is 19.3 Å². The minimum Gasteiger partial charge on any atom is -0.489 e. The van der Waals surface area contributed by atoms with Crippen LogP contribution in [0, 0.1) is 6.92 Å². The molecule has 6 heteroatoms. The van der Waals surface area contributed by atoms with Gasteiger partial charge in [-0.15, -0.1) is 0 Å². The predicted octanol–water partition coefficient (Wildman–Crippen LogP) is 0.640. The number of nitrogens with two attached hydrogens (primary N) is 1. The summed E-state index contributed by atoms with van der Waals surface area (Å²) in [6, 6.07) is 3.66. The fourth-order valence-corrected chi connectivity index (χ4v) is 1.67. The first-order valence-electron chi connectivity index (χ1n) is 6.64. The summed E-state index contributed by atoms with van der Waals surface area (Å²) in [5.41, 5.74) is 7.18. The van der Waals surface area contributed by atoms with Crippen LogP contribution in [0.4, 0.5) is 0 Å². The van der Waals surface area contributed by atoms with E-state index in [0.717, 1.165) is 5.69 Å². The molecule has 0 fully saturated rings. The van der Waals surface area contributed by atoms with Crippen LogP contribution in [0.5, 0.6) is 5.75 Å². The number of nitrogens with zero attached hydrogens (tertiary/aromatic N) is 1. The molecule has 1 aromatic heterocycles. The standard InChI is InChI=1S/C14H24N2O4/c1-10-4-5-14(13(6-15)16-10)20-9-12(17)8-19-11(2)7-18-3/h4-5,11-12,17H,6-9,15H2,1-3H3. The predicted molar refractivity (Wildman–Crippen MR) is 75.7 cm³/mol. The van der Waals surface area contributed by atoms with E-state index in [1.807, 2.05) is 26.0 Å². The maximum Gasteiger partial charge on any atom is 0.142 e. The number of aromatic nitrogens is 1. The molecule has 0 saturated heterocycles. The Kier molecular flexibility index (Phi) is 7.46. The van der Waals surface area contributed by atoms with Gasteiger partial charge in [0.15, 0.2) is 0 Å². The molecule has 0 aromatic carbocycles. The molecule has 1 aromatic rings. The first-order chi connectivity index (χ1) is 9.56. The van der Waals surface area contributed by atoms with Gasteiger partial charge in [0.25, 0.3) is 0 Å². The van der Waals surface area contributed by atoms with Crippen molar-refractivity contribution in [2.45, 2.75) is 32.6 Å². The van der Waals surface area contributed by atoms with E-state index >= 15 is 0 Å². The van der Waals surface area contributed by atoms with Crippen molar-refractivity contribution in [3.8, 4) is 5.75 Å². The third kappa shape index (κ3) is 5.83. The number of pyridine rings is 1. The molecule has 6 nitrogen and oxygen atoms in total. The van der Waals surface area contributed by atoms with E-state index in [4.69, 9.17) is 19.9 Å². The normalized spacial score (nSPS) is 14.1. The molecule has 1 heterocycles. The van der Waals surface area contributed by atoms with E-state index in [1.165, 1.54) is 0 Å². The summed E-state index contributed by atoms with van der Waals surface area (Å²) in [7, 11) is 1.61. The number of hydrogen-bond donors (Lipinski definition) is 2. The largest absolute Gasteiger partial charge is 0.489 e. The molecule has 0 aliphatic carbocycles. The van der Waals surface area contributed by atoms with E-state index in [2.05, 4.69) is 4.98 Å². The second-order valence-corrected chi connectivity index (χ2v) is 4.67. The van der Waals surface area contributed by atoms with Crippen molar-refractivity contribution in [2.75, 3.05) is 26.9 Å². The van der Waals surface area contributed by atoms with Crippen molar-refractivity contribution < 1.29 is 19.3 Å². The summed E-state index contributed by atoms with van der Waals surface area (Å²) >= 11 is 0. The molecule has 1 rings (SSSR count). The molecule has 2 unspecified atom stereocenters. The minimum absolute atomic E-state index is 0.0599. The van der Waals surface area contributed by atoms with Crippen LogP contribution >= 0.6 is 0 Å². The molecule has 0 saturated carbocycles. The van der Waals surface area contributed by atoms with Crippen LogP contribution < -0.4 is 10.5 Å². The lowest BCUT2D eigenvalue weighted by Gasteiger charge is -2.17. The van der Waals surface area contributed by atoms with Crippen LogP contribution in [0.2, 0.25) is 0 Å². The zero-order chi connectivity index (χ0) is 15.0. The van der Waals surface area contributed by atoms with Crippen LogP contribution in [0.25, 0.3) is 0 Å². The Morgan fingerprint density at radius 2 is 2.05 bits per heavy atom. The van der Waals surface area contributed by atoms with Gasteiger partial charge in [0.2, 0.25) is 0 Å². The Balaban J connectivity index is 2.39. The first kappa shape index (κ1) is 16.8. The summed E-state index contributed by atoms with van der Waals surface area (Å²) < 4.78 is 15.9. The highest BCUT2D eigenvalue weighted by atomic mass is 16.5. The Labute approximate surface area is 119 Å². The third-order valence-corrected chi connectivity index (χ3v) is 2.67. The molecule has 0 aliphatic heterocycles. The van der Waals surface area contributed by atoms with Crippen molar-refractivity contribution in [1.82, 2.24) is 4.98 Å². The molecule has 20 heavy (non-hydrogen) atoms. The van der Waals surface area contributed by atoms with Gasteiger partial charge in [-0.2, -0.15) is 0 Å². The van der Waals surface area contributed by atoms with E-state index in [9.17, 15) is 5.11 Å². The van der Waals surface area contributed by atoms with Crippen LogP contribution in [-0.4, -0.2) is 49.2 Å². The second kappa shape index (κ2) is 8.86. The topological polar surface area (TPSA) is 86.8 Å². The van der Waals surface area contributed by atoms with Crippen LogP contribution in [0.1, 0.15) is 18.3 Å². The molecule has 0 bridgehead atoms. The Hall–Kier alpha value is -1.21. The highest BCUT2D eigenvalue weighted by Crippen LogP contribution is 2.16. The molecular formula is C14H24N2O4. The highest BCUT2D eigenvalue weighted by molar-refractivity contribution is 5.29. The van der Waals surface area contributed by atoms with Gasteiger partial charge in [-0.3, -0.25) is 4.98 Å². The van der Waals surface area contributed by atoms with Crippen molar-refractivity contribution in [2.24, 2.45) is 5.73 Å². The lowest BCUT2D eigenvalue weighted by atomic mass is 10.3. The maximum atomic E-state index is 9.80. The van der Waals surface area contributed by atoms with Gasteiger partial charge >= 0.3 is 0 Å². The van der Waals surface area contributed by atoms with Gasteiger partial charge in [-0.1, -0.05) is 0 Å². The van der Waals surface area contributed by atoms with Crippen LogP contribution in [0.15, 0.2) is 12.1 Å². The molecule has 2 atom stereocenters. The summed E-state index contributed by atoms with van der Waals surface area (Å²) in [5, 5.41) is 9.80. The Bertz CT molecular complexity index is 401. The summed E-state index contributed by atoms with van der Waals surface area (Å²) in [4.78, 5) is 4.29. The number of aliphatic hydroxyl groups is 1. The van der Waals surface area contributed by atoms with Crippen molar-refractivity contribution >= 4 is 0 Å². The molecule has 3 N–H and O–H groups in total. The number of methoxy groups -OCH3 is 1. The average molecular weight is 284 g/mol. The lowest BCUT2D eigenvalue weighted by Crippen LogP contribution is -2.27. The second-order valence-electron chi connectivity index (χ2n) is 4.67. The minimum atomic E-state index is -0.707. The Morgan fingerprint density at radius 3 is 2.70 bits per heavy atom. The SMILES string of the molecule is COCC(C)OCC(O)COc1ccc(C)nc1CN. The number of ether oxygens (including phenoxy) is 3. The van der Waals surface area contributed by atoms with Crippen molar-refractivity contribution in [1.29, 1.82) is 0 Å². The molecular weight excluding hydrogens is 260 g/mol. The van der Waals surface area contributed by atoms with Crippen LogP contribution in [-0.2, 0) is 16.0 Å². The fourth-order valence-electron chi connectivity index (χ4n) is 1.67. The summed E-state index contributed by atoms with van der Waals surface area (Å²) in [5.74, 6) is 0.599. The lowest BCUT2D eigenvalue weighted by molar-refractivity contribution is -0.0424. The fraction of sp³-hybridized carbons (Fsp3) is 0.643. The molecule has 0 amide bonds. The highest BCUT2D eigenvalue weighted by Gasteiger charge is 2.11. The van der Waals surface area contributed by atoms with E-state index in [1.54, 1.807) is 7.11 Å². The van der Waals surface area contributed by atoms with E-state index < -0.39 is 6.10 Å². The van der Waals surface area contributed by atoms with Gasteiger partial charge in [0.1, 0.15) is 18.5 Å². The number of aryl methyl sites for hydroxylation is 1. The zero-order valence-corrected chi connectivity index (χ0v) is 12.3. The zero-order valence-electron chi connectivity index (χ0n) is 12.3. The summed E-state index contributed by atoms with van der Waals surface area (Å²) in [6.45, 7) is 4.90. The molecule has 0 radical (unpaired) electrons. The summed E-state index contributed by atoms with van der Waals surface area (Å²) in [6.07, 6.45) is -0.767. The Morgan fingerprint density at radius 1 is 1.30 bits per heavy atom. The maximum absolute atomic E-state index is 9.80. The number of rotatable bonds is 9. The first-order valence-corrected chi connectivity index (χ1v) is 6.64. The van der Waals surface area contributed by atoms with Gasteiger partial charge in [0.05, 0.1) is 25.0 Å². The van der Waals surface area contributed by atoms with Crippen molar-refractivity contribution in [3.63, 3.8) is 0 Å². The van der Waals surface area contributed by atoms with Crippen molar-refractivity contribution in [3.05, 3.63) is 23.5 Å². The number of hydrogen-bond acceptors (Lipinski definition) is 6. The molecule has 114 valence electrons. The third-order valence-electron chi connectivity index (χ3n) is 2.67. The average Bonchev–Trinajstić information content (AvgIpc) is 2.44. The van der Waals surface area contributed by atoms with Gasteiger partial charge < -0.3 is 25.1 Å². The quantitative estimate of drug-likeness (QED) is 0.692. The smallest absolute Gasteiger partial charge is 0.142 e. The molecule has 0 spiro atoms. The van der Waals surface area contributed by atoms with E-state index in [-0.39, 0.29) is 19.3 Å². The molecule has 0 aliphatic rings. The monoisotopic (exact) mass is 284 g/mol. The van der Waals surface area contributed by atoms with Gasteiger partial charge in [-0.05, 0) is 26.0 Å². The van der Waals surface area contributed by atoms with Crippen LogP contribution in [0.3, 0.4) is 0 Å². The number of aliphatic hydroxyl groups excluding tert-OH is 1.